The minimum Gasteiger partial charge on any atom is -0.364 e. The number of hydrogen-bond acceptors (Lipinski definition) is 3. The molecule has 1 rings (SSSR count). The number of primary amides is 1. The monoisotopic (exact) mass is 235 g/mol. The molecule has 17 heavy (non-hydrogen) atoms. The Labute approximate surface area is 103 Å². The molecular weight excluding hydrogens is 214 g/mol. The highest BCUT2D eigenvalue weighted by Gasteiger charge is 2.04. The summed E-state index contributed by atoms with van der Waals surface area (Å²) >= 11 is 0. The van der Waals surface area contributed by atoms with Gasteiger partial charge in [-0.15, -0.1) is 0 Å². The molecule has 0 bridgehead atoms. The molecule has 0 radical (unpaired) electrons. The summed E-state index contributed by atoms with van der Waals surface area (Å²) in [6.45, 7) is 5.40. The second kappa shape index (κ2) is 7.01. The summed E-state index contributed by atoms with van der Waals surface area (Å²) in [4.78, 5) is 14.9. The van der Waals surface area contributed by atoms with Crippen molar-refractivity contribution in [3.8, 4) is 0 Å². The van der Waals surface area contributed by atoms with E-state index in [1.165, 1.54) is 0 Å². The zero-order chi connectivity index (χ0) is 12.7. The molecule has 0 aliphatic heterocycles. The highest BCUT2D eigenvalue weighted by atomic mass is 16.1. The highest BCUT2D eigenvalue weighted by Crippen LogP contribution is 2.05. The van der Waals surface area contributed by atoms with E-state index in [2.05, 4.69) is 24.1 Å². The molecule has 0 saturated carbocycles. The van der Waals surface area contributed by atoms with Crippen LogP contribution in [-0.2, 0) is 6.42 Å². The van der Waals surface area contributed by atoms with Crippen LogP contribution < -0.4 is 11.1 Å². The SMILES string of the molecule is CCCNC(C)CCc1ccc(C(N)=O)nc1. The zero-order valence-corrected chi connectivity index (χ0v) is 10.6. The molecule has 4 heteroatoms. The normalized spacial score (nSPS) is 12.4. The van der Waals surface area contributed by atoms with Crippen molar-refractivity contribution >= 4 is 5.91 Å². The topological polar surface area (TPSA) is 68.0 Å². The number of carbonyl (C=O) groups is 1. The van der Waals surface area contributed by atoms with Gasteiger partial charge in [0.15, 0.2) is 0 Å². The van der Waals surface area contributed by atoms with E-state index in [0.29, 0.717) is 11.7 Å². The van der Waals surface area contributed by atoms with Gasteiger partial charge in [0.1, 0.15) is 5.69 Å². The molecule has 1 aromatic rings. The average Bonchev–Trinajstić information content (AvgIpc) is 2.34. The number of nitrogens with two attached hydrogens (primary N) is 1. The van der Waals surface area contributed by atoms with Crippen molar-refractivity contribution in [3.63, 3.8) is 0 Å². The number of pyridine rings is 1. The van der Waals surface area contributed by atoms with Crippen LogP contribution in [-0.4, -0.2) is 23.5 Å². The van der Waals surface area contributed by atoms with Crippen molar-refractivity contribution in [2.75, 3.05) is 6.54 Å². The van der Waals surface area contributed by atoms with Crippen molar-refractivity contribution < 1.29 is 4.79 Å². The third kappa shape index (κ3) is 4.95. The van der Waals surface area contributed by atoms with Gasteiger partial charge in [-0.25, -0.2) is 0 Å². The van der Waals surface area contributed by atoms with Gasteiger partial charge in [0.05, 0.1) is 0 Å². The van der Waals surface area contributed by atoms with Crippen molar-refractivity contribution in [2.24, 2.45) is 5.73 Å². The lowest BCUT2D eigenvalue weighted by Gasteiger charge is -2.12. The predicted octanol–water partition coefficient (Wildman–Crippen LogP) is 1.50. The maximum absolute atomic E-state index is 10.8. The lowest BCUT2D eigenvalue weighted by Crippen LogP contribution is -2.27. The summed E-state index contributed by atoms with van der Waals surface area (Å²) in [5.41, 5.74) is 6.59. The Kier molecular flexibility index (Phi) is 5.63. The first-order valence-electron chi connectivity index (χ1n) is 6.11. The van der Waals surface area contributed by atoms with E-state index < -0.39 is 5.91 Å². The summed E-state index contributed by atoms with van der Waals surface area (Å²) in [5.74, 6) is -0.477. The molecule has 0 aromatic carbocycles. The highest BCUT2D eigenvalue weighted by molar-refractivity contribution is 5.90. The molecule has 0 saturated heterocycles. The lowest BCUT2D eigenvalue weighted by molar-refractivity contribution is 0.0995. The van der Waals surface area contributed by atoms with Crippen LogP contribution in [0.5, 0.6) is 0 Å². The van der Waals surface area contributed by atoms with Crippen molar-refractivity contribution in [2.45, 2.75) is 39.2 Å². The first-order chi connectivity index (χ1) is 8.13. The maximum Gasteiger partial charge on any atom is 0.267 e. The fraction of sp³-hybridized carbons (Fsp3) is 0.538. The molecule has 3 N–H and O–H groups in total. The summed E-state index contributed by atoms with van der Waals surface area (Å²) < 4.78 is 0. The molecule has 0 spiro atoms. The van der Waals surface area contributed by atoms with Gasteiger partial charge in [0.25, 0.3) is 5.91 Å². The van der Waals surface area contributed by atoms with E-state index in [1.54, 1.807) is 12.3 Å². The Balaban J connectivity index is 2.39. The van der Waals surface area contributed by atoms with Gasteiger partial charge in [0, 0.05) is 12.2 Å². The van der Waals surface area contributed by atoms with Gasteiger partial charge < -0.3 is 11.1 Å². The second-order valence-electron chi connectivity index (χ2n) is 4.31. The predicted molar refractivity (Wildman–Crippen MR) is 68.8 cm³/mol. The maximum atomic E-state index is 10.8. The van der Waals surface area contributed by atoms with Gasteiger partial charge >= 0.3 is 0 Å². The minimum absolute atomic E-state index is 0.325. The molecule has 0 fully saturated rings. The number of hydrogen-bond donors (Lipinski definition) is 2. The smallest absolute Gasteiger partial charge is 0.267 e. The summed E-state index contributed by atoms with van der Waals surface area (Å²) in [6.07, 6.45) is 4.91. The molecule has 1 aromatic heterocycles. The number of amides is 1. The standard InChI is InChI=1S/C13H21N3O/c1-3-8-15-10(2)4-5-11-6-7-12(13(14)17)16-9-11/h6-7,9-10,15H,3-5,8H2,1-2H3,(H2,14,17). The number of carbonyl (C=O) groups excluding carboxylic acids is 1. The Morgan fingerprint density at radius 1 is 1.53 bits per heavy atom. The number of aryl methyl sites for hydroxylation is 1. The van der Waals surface area contributed by atoms with Crippen LogP contribution in [0.4, 0.5) is 0 Å². The van der Waals surface area contributed by atoms with Crippen LogP contribution in [0.3, 0.4) is 0 Å². The first-order valence-corrected chi connectivity index (χ1v) is 6.11. The number of aromatic nitrogens is 1. The Hall–Kier alpha value is -1.42. The van der Waals surface area contributed by atoms with E-state index in [0.717, 1.165) is 31.4 Å². The molecule has 1 atom stereocenters. The fourth-order valence-corrected chi connectivity index (χ4v) is 1.59. The van der Waals surface area contributed by atoms with E-state index in [4.69, 9.17) is 5.73 Å². The van der Waals surface area contributed by atoms with Gasteiger partial charge in [0.2, 0.25) is 0 Å². The van der Waals surface area contributed by atoms with E-state index in [-0.39, 0.29) is 0 Å². The van der Waals surface area contributed by atoms with Gasteiger partial charge in [-0.3, -0.25) is 9.78 Å². The van der Waals surface area contributed by atoms with E-state index >= 15 is 0 Å². The van der Waals surface area contributed by atoms with Crippen LogP contribution >= 0.6 is 0 Å². The summed E-state index contributed by atoms with van der Waals surface area (Å²) in [5, 5.41) is 3.44. The number of nitrogens with zero attached hydrogens (tertiary/aromatic N) is 1. The summed E-state index contributed by atoms with van der Waals surface area (Å²) in [7, 11) is 0. The van der Waals surface area contributed by atoms with Crippen molar-refractivity contribution in [1.29, 1.82) is 0 Å². The van der Waals surface area contributed by atoms with Crippen LogP contribution in [0.2, 0.25) is 0 Å². The van der Waals surface area contributed by atoms with Crippen molar-refractivity contribution in [1.82, 2.24) is 10.3 Å². The third-order valence-corrected chi connectivity index (χ3v) is 2.69. The first kappa shape index (κ1) is 13.6. The van der Waals surface area contributed by atoms with Crippen molar-refractivity contribution in [3.05, 3.63) is 29.6 Å². The van der Waals surface area contributed by atoms with Crippen LogP contribution in [0.15, 0.2) is 18.3 Å². The molecular formula is C13H21N3O. The quantitative estimate of drug-likeness (QED) is 0.752. The summed E-state index contributed by atoms with van der Waals surface area (Å²) in [6, 6.07) is 4.10. The lowest BCUT2D eigenvalue weighted by atomic mass is 10.1. The molecule has 4 nitrogen and oxygen atoms in total. The minimum atomic E-state index is -0.477. The molecule has 1 unspecified atom stereocenters. The van der Waals surface area contributed by atoms with Crippen LogP contribution in [0.1, 0.15) is 42.7 Å². The molecule has 1 heterocycles. The largest absolute Gasteiger partial charge is 0.364 e. The molecule has 1 amide bonds. The average molecular weight is 235 g/mol. The Morgan fingerprint density at radius 3 is 2.82 bits per heavy atom. The van der Waals surface area contributed by atoms with Gasteiger partial charge in [-0.1, -0.05) is 13.0 Å². The van der Waals surface area contributed by atoms with Crippen LogP contribution in [0.25, 0.3) is 0 Å². The Morgan fingerprint density at radius 2 is 2.29 bits per heavy atom. The molecule has 94 valence electrons. The Bertz CT molecular complexity index is 348. The van der Waals surface area contributed by atoms with Gasteiger partial charge in [-0.05, 0) is 44.4 Å². The second-order valence-corrected chi connectivity index (χ2v) is 4.31. The van der Waals surface area contributed by atoms with Gasteiger partial charge in [-0.2, -0.15) is 0 Å². The molecule has 0 aliphatic rings. The number of nitrogens with one attached hydrogen (secondary N) is 1. The van der Waals surface area contributed by atoms with E-state index in [9.17, 15) is 4.79 Å². The zero-order valence-electron chi connectivity index (χ0n) is 10.6. The number of rotatable bonds is 7. The van der Waals surface area contributed by atoms with Crippen LogP contribution in [0, 0.1) is 0 Å². The van der Waals surface area contributed by atoms with E-state index in [1.807, 2.05) is 6.07 Å². The third-order valence-electron chi connectivity index (χ3n) is 2.69. The fourth-order valence-electron chi connectivity index (χ4n) is 1.59. The molecule has 0 aliphatic carbocycles.